The van der Waals surface area contributed by atoms with Crippen molar-refractivity contribution in [3.63, 3.8) is 0 Å². The molecule has 2 N–H and O–H groups in total. The smallest absolute Gasteiger partial charge is 0.407 e. The normalized spacial score (nSPS) is 15.0. The molecule has 9 heteroatoms. The molecule has 0 atom stereocenters. The summed E-state index contributed by atoms with van der Waals surface area (Å²) < 4.78 is 10.7. The Labute approximate surface area is 187 Å². The average molecular weight is 443 g/mol. The largest absolute Gasteiger partial charge is 0.459 e. The predicted molar refractivity (Wildman–Crippen MR) is 120 cm³/mol. The van der Waals surface area contributed by atoms with E-state index in [2.05, 4.69) is 10.6 Å². The van der Waals surface area contributed by atoms with Crippen LogP contribution in [0.15, 0.2) is 0 Å². The summed E-state index contributed by atoms with van der Waals surface area (Å²) in [6.45, 7) is 16.0. The van der Waals surface area contributed by atoms with Crippen molar-refractivity contribution >= 4 is 18.0 Å². The van der Waals surface area contributed by atoms with Crippen molar-refractivity contribution in [1.82, 2.24) is 20.4 Å². The molecule has 2 amide bonds. The van der Waals surface area contributed by atoms with Crippen LogP contribution in [0.3, 0.4) is 0 Å². The van der Waals surface area contributed by atoms with Gasteiger partial charge in [-0.2, -0.15) is 0 Å². The number of carbonyl (C=O) groups excluding carboxylic acids is 3. The topological polar surface area (TPSA) is 100 Å². The van der Waals surface area contributed by atoms with Gasteiger partial charge in [-0.3, -0.25) is 14.5 Å². The van der Waals surface area contributed by atoms with Crippen LogP contribution in [0.5, 0.6) is 0 Å². The second-order valence-electron chi connectivity index (χ2n) is 9.88. The van der Waals surface area contributed by atoms with Gasteiger partial charge in [-0.1, -0.05) is 0 Å². The third-order valence-electron chi connectivity index (χ3n) is 4.43. The molecule has 0 saturated carbocycles. The van der Waals surface area contributed by atoms with E-state index < -0.39 is 17.3 Å². The minimum absolute atomic E-state index is 0.158. The van der Waals surface area contributed by atoms with Gasteiger partial charge >= 0.3 is 12.1 Å². The second kappa shape index (κ2) is 12.9. The molecule has 0 aromatic carbocycles. The first-order valence-corrected chi connectivity index (χ1v) is 11.3. The average Bonchev–Trinajstić information content (AvgIpc) is 2.62. The van der Waals surface area contributed by atoms with Gasteiger partial charge in [0.2, 0.25) is 5.91 Å². The van der Waals surface area contributed by atoms with Crippen molar-refractivity contribution in [2.75, 3.05) is 52.4 Å². The number of nitrogens with one attached hydrogen (secondary N) is 2. The number of ether oxygens (including phenoxy) is 2. The molecule has 1 rings (SSSR count). The Balaban J connectivity index is 2.45. The maximum absolute atomic E-state index is 12.4. The Bertz CT molecular complexity index is 577. The molecular weight excluding hydrogens is 400 g/mol. The molecule has 1 aliphatic rings. The minimum Gasteiger partial charge on any atom is -0.459 e. The van der Waals surface area contributed by atoms with Crippen molar-refractivity contribution in [2.24, 2.45) is 0 Å². The molecule has 1 fully saturated rings. The van der Waals surface area contributed by atoms with E-state index in [9.17, 15) is 14.4 Å². The van der Waals surface area contributed by atoms with Crippen molar-refractivity contribution in [3.8, 4) is 0 Å². The molecule has 1 aliphatic heterocycles. The number of nitrogens with zero attached hydrogens (tertiary/aromatic N) is 2. The van der Waals surface area contributed by atoms with Gasteiger partial charge in [0, 0.05) is 45.7 Å². The van der Waals surface area contributed by atoms with Crippen LogP contribution in [0.2, 0.25) is 0 Å². The molecule has 0 aliphatic carbocycles. The van der Waals surface area contributed by atoms with Gasteiger partial charge in [-0.05, 0) is 60.9 Å². The summed E-state index contributed by atoms with van der Waals surface area (Å²) >= 11 is 0. The first-order chi connectivity index (χ1) is 14.4. The number of carbonyl (C=O) groups is 3. The second-order valence-corrected chi connectivity index (χ2v) is 9.88. The number of piperazine rings is 1. The molecule has 9 nitrogen and oxygen atoms in total. The lowest BCUT2D eigenvalue weighted by molar-refractivity contribution is -0.156. The fourth-order valence-corrected chi connectivity index (χ4v) is 3.16. The summed E-state index contributed by atoms with van der Waals surface area (Å²) in [5.41, 5.74) is -1.08. The summed E-state index contributed by atoms with van der Waals surface area (Å²) in [4.78, 5) is 40.3. The highest BCUT2D eigenvalue weighted by molar-refractivity contribution is 5.76. The van der Waals surface area contributed by atoms with Gasteiger partial charge in [0.1, 0.15) is 11.2 Å². The zero-order valence-electron chi connectivity index (χ0n) is 20.2. The van der Waals surface area contributed by atoms with E-state index in [1.807, 2.05) is 51.3 Å². The van der Waals surface area contributed by atoms with Crippen LogP contribution in [0.4, 0.5) is 4.79 Å². The maximum atomic E-state index is 12.4. The quantitative estimate of drug-likeness (QED) is 0.393. The Morgan fingerprint density at radius 2 is 1.52 bits per heavy atom. The zero-order chi connectivity index (χ0) is 23.5. The summed E-state index contributed by atoms with van der Waals surface area (Å²) in [5, 5.41) is 5.97. The lowest BCUT2D eigenvalue weighted by atomic mass is 10.2. The molecular formula is C22H42N4O5. The molecule has 0 spiro atoms. The Kier molecular flexibility index (Phi) is 11.3. The van der Waals surface area contributed by atoms with Crippen LogP contribution in [-0.4, -0.2) is 91.3 Å². The van der Waals surface area contributed by atoms with Gasteiger partial charge in [-0.25, -0.2) is 4.79 Å². The summed E-state index contributed by atoms with van der Waals surface area (Å²) in [6, 6.07) is 0. The number of hydrogen-bond acceptors (Lipinski definition) is 7. The fourth-order valence-electron chi connectivity index (χ4n) is 3.16. The Hall–Kier alpha value is -1.87. The van der Waals surface area contributed by atoms with E-state index in [0.717, 1.165) is 26.2 Å². The van der Waals surface area contributed by atoms with Gasteiger partial charge in [0.05, 0.1) is 6.54 Å². The van der Waals surface area contributed by atoms with Crippen LogP contribution in [0, 0.1) is 0 Å². The van der Waals surface area contributed by atoms with Gasteiger partial charge in [-0.15, -0.1) is 0 Å². The molecule has 0 aromatic rings. The molecule has 1 heterocycles. The minimum atomic E-state index is -0.542. The molecule has 0 unspecified atom stereocenters. The first kappa shape index (κ1) is 27.2. The number of rotatable bonds is 10. The van der Waals surface area contributed by atoms with Crippen LogP contribution < -0.4 is 10.6 Å². The molecule has 31 heavy (non-hydrogen) atoms. The molecule has 0 aromatic heterocycles. The van der Waals surface area contributed by atoms with Crippen molar-refractivity contribution in [1.29, 1.82) is 0 Å². The molecule has 180 valence electrons. The Morgan fingerprint density at radius 3 is 2.10 bits per heavy atom. The summed E-state index contributed by atoms with van der Waals surface area (Å²) in [7, 11) is 0. The predicted octanol–water partition coefficient (Wildman–Crippen LogP) is 1.76. The van der Waals surface area contributed by atoms with Crippen molar-refractivity contribution in [2.45, 2.75) is 72.0 Å². The van der Waals surface area contributed by atoms with Gasteiger partial charge in [0.15, 0.2) is 0 Å². The number of hydrogen-bond donors (Lipinski definition) is 2. The van der Waals surface area contributed by atoms with Crippen LogP contribution in [0.25, 0.3) is 0 Å². The molecule has 0 radical (unpaired) electrons. The van der Waals surface area contributed by atoms with Crippen LogP contribution >= 0.6 is 0 Å². The number of alkyl carbamates (subject to hydrolysis) is 1. The highest BCUT2D eigenvalue weighted by atomic mass is 16.6. The third kappa shape index (κ3) is 13.9. The lowest BCUT2D eigenvalue weighted by Crippen LogP contribution is -2.46. The molecule has 0 bridgehead atoms. The van der Waals surface area contributed by atoms with Crippen molar-refractivity contribution < 1.29 is 23.9 Å². The van der Waals surface area contributed by atoms with E-state index >= 15 is 0 Å². The standard InChI is InChI=1S/C22H42N4O5/c1-21(2,3)30-19(28)17-25(14-8-10-24-20(29)31-22(4,5)6)13-7-9-18(27)26-15-11-23-12-16-26/h23H,7-17H2,1-6H3,(H,24,29). The SMILES string of the molecule is CC(C)(C)OC(=O)CN(CCCNC(=O)OC(C)(C)C)CCCC(=O)N1CCNCC1. The van der Waals surface area contributed by atoms with Gasteiger partial charge < -0.3 is 25.0 Å². The number of amides is 2. The highest BCUT2D eigenvalue weighted by Crippen LogP contribution is 2.09. The zero-order valence-corrected chi connectivity index (χ0v) is 20.2. The van der Waals surface area contributed by atoms with Crippen LogP contribution in [-0.2, 0) is 19.1 Å². The number of esters is 1. The summed E-state index contributed by atoms with van der Waals surface area (Å²) in [6.07, 6.45) is 1.34. The maximum Gasteiger partial charge on any atom is 0.407 e. The van der Waals surface area contributed by atoms with E-state index in [1.165, 1.54) is 0 Å². The van der Waals surface area contributed by atoms with Crippen LogP contribution in [0.1, 0.15) is 60.8 Å². The first-order valence-electron chi connectivity index (χ1n) is 11.3. The monoisotopic (exact) mass is 442 g/mol. The lowest BCUT2D eigenvalue weighted by Gasteiger charge is -2.28. The summed E-state index contributed by atoms with van der Waals surface area (Å²) in [5.74, 6) is -0.133. The fraction of sp³-hybridized carbons (Fsp3) is 0.864. The third-order valence-corrected chi connectivity index (χ3v) is 4.43. The van der Waals surface area contributed by atoms with E-state index in [0.29, 0.717) is 38.9 Å². The van der Waals surface area contributed by atoms with Crippen molar-refractivity contribution in [3.05, 3.63) is 0 Å². The highest BCUT2D eigenvalue weighted by Gasteiger charge is 2.21. The van der Waals surface area contributed by atoms with E-state index in [-0.39, 0.29) is 18.4 Å². The van der Waals surface area contributed by atoms with Gasteiger partial charge in [0.25, 0.3) is 0 Å². The Morgan fingerprint density at radius 1 is 0.935 bits per heavy atom. The molecule has 1 saturated heterocycles. The van der Waals surface area contributed by atoms with E-state index in [4.69, 9.17) is 9.47 Å². The van der Waals surface area contributed by atoms with E-state index in [1.54, 1.807) is 0 Å².